The van der Waals surface area contributed by atoms with Crippen molar-refractivity contribution in [2.75, 3.05) is 0 Å². The molecular formula is C32H19N7. The summed E-state index contributed by atoms with van der Waals surface area (Å²) in [5, 5.41) is 6.08. The van der Waals surface area contributed by atoms with Crippen LogP contribution in [0.25, 0.3) is 88.7 Å². The highest BCUT2D eigenvalue weighted by Crippen LogP contribution is 2.39. The molecule has 0 amide bonds. The zero-order valence-electron chi connectivity index (χ0n) is 20.5. The summed E-state index contributed by atoms with van der Waals surface area (Å²) in [7, 11) is 0. The molecule has 8 aromatic rings. The Kier molecular flexibility index (Phi) is 3.93. The second kappa shape index (κ2) is 7.49. The minimum absolute atomic E-state index is 0.665. The average molecular weight is 502 g/mol. The molecule has 182 valence electrons. The van der Waals surface area contributed by atoms with Gasteiger partial charge < -0.3 is 15.0 Å². The first-order valence-corrected chi connectivity index (χ1v) is 12.8. The number of rotatable bonds is 0. The molecule has 7 nitrogen and oxygen atoms in total. The zero-order valence-corrected chi connectivity index (χ0v) is 20.5. The average Bonchev–Trinajstić information content (AvgIpc) is 3.72. The fourth-order valence-electron chi connectivity index (χ4n) is 5.79. The molecule has 8 bridgehead atoms. The van der Waals surface area contributed by atoms with Crippen molar-refractivity contribution in [3.63, 3.8) is 0 Å². The maximum absolute atomic E-state index is 5.12. The van der Waals surface area contributed by atoms with Gasteiger partial charge in [0.1, 0.15) is 28.2 Å². The SMILES string of the molecule is c1ccc2c(c1)-c1nc-2c2[nH]c(nc3[nH]c(nc4[nH]c(n1)c1ccccc41)c1ccccc31)c1ccccc21. The number of hydrogen-bond acceptors (Lipinski definition) is 4. The highest BCUT2D eigenvalue weighted by atomic mass is 15.0. The van der Waals surface area contributed by atoms with Gasteiger partial charge in [0.25, 0.3) is 0 Å². The molecule has 9 rings (SSSR count). The van der Waals surface area contributed by atoms with Gasteiger partial charge in [-0.05, 0) is 0 Å². The molecule has 0 saturated heterocycles. The number of aromatic nitrogens is 7. The number of nitrogens with one attached hydrogen (secondary N) is 3. The van der Waals surface area contributed by atoms with E-state index in [2.05, 4.69) is 63.5 Å². The summed E-state index contributed by atoms with van der Waals surface area (Å²) in [6.45, 7) is 0. The summed E-state index contributed by atoms with van der Waals surface area (Å²) in [4.78, 5) is 31.0. The van der Waals surface area contributed by atoms with Gasteiger partial charge >= 0.3 is 0 Å². The lowest BCUT2D eigenvalue weighted by molar-refractivity contribution is 1.26. The molecule has 4 aromatic heterocycles. The Hall–Kier alpha value is -5.56. The summed E-state index contributed by atoms with van der Waals surface area (Å²) in [5.41, 5.74) is 7.54. The van der Waals surface area contributed by atoms with Gasteiger partial charge in [0.05, 0.1) is 11.2 Å². The van der Waals surface area contributed by atoms with E-state index in [1.165, 1.54) is 0 Å². The van der Waals surface area contributed by atoms with Crippen LogP contribution >= 0.6 is 0 Å². The summed E-state index contributed by atoms with van der Waals surface area (Å²) in [5.74, 6) is 0.665. The van der Waals surface area contributed by atoms with Gasteiger partial charge in [-0.25, -0.2) is 19.9 Å². The lowest BCUT2D eigenvalue weighted by atomic mass is 10.1. The molecule has 5 heterocycles. The van der Waals surface area contributed by atoms with Crippen molar-refractivity contribution in [2.45, 2.75) is 0 Å². The number of hydrogen-bond donors (Lipinski definition) is 3. The van der Waals surface area contributed by atoms with E-state index in [0.717, 1.165) is 82.9 Å². The van der Waals surface area contributed by atoms with E-state index < -0.39 is 0 Å². The molecule has 3 N–H and O–H groups in total. The standard InChI is InChI=1S/C32H19N7/c1-3-11-19-17(9-1)25-26-18-10-2-4-12-20(18)28(34-26)36-30-22-14-6-8-16-24(22)32(38-30)39-31-23-15-7-5-13-21(23)29(37-31)35-27(19)33-25/h1-16H,(H3,33,34,35,36,37,38,39). The molecule has 4 aromatic carbocycles. The lowest BCUT2D eigenvalue weighted by Crippen LogP contribution is -1.81. The highest BCUT2D eigenvalue weighted by Gasteiger charge is 2.21. The van der Waals surface area contributed by atoms with E-state index in [0.29, 0.717) is 5.82 Å². The molecule has 0 unspecified atom stereocenters. The first-order valence-electron chi connectivity index (χ1n) is 12.8. The normalized spacial score (nSPS) is 12.1. The zero-order chi connectivity index (χ0) is 25.5. The van der Waals surface area contributed by atoms with Gasteiger partial charge in [-0.2, -0.15) is 0 Å². The second-order valence-corrected chi connectivity index (χ2v) is 9.79. The molecule has 0 aliphatic carbocycles. The van der Waals surface area contributed by atoms with Gasteiger partial charge in [-0.1, -0.05) is 97.1 Å². The van der Waals surface area contributed by atoms with Crippen LogP contribution in [0.2, 0.25) is 0 Å². The number of H-pyrrole nitrogens is 3. The second-order valence-electron chi connectivity index (χ2n) is 9.79. The third-order valence-corrected chi connectivity index (χ3v) is 7.59. The first-order chi connectivity index (χ1) is 19.3. The monoisotopic (exact) mass is 501 g/mol. The van der Waals surface area contributed by atoms with Crippen molar-refractivity contribution in [1.82, 2.24) is 34.9 Å². The Bertz CT molecular complexity index is 2410. The van der Waals surface area contributed by atoms with Crippen molar-refractivity contribution in [1.29, 1.82) is 0 Å². The molecule has 39 heavy (non-hydrogen) atoms. The first kappa shape index (κ1) is 20.5. The predicted molar refractivity (Wildman–Crippen MR) is 157 cm³/mol. The Morgan fingerprint density at radius 1 is 0.359 bits per heavy atom. The third-order valence-electron chi connectivity index (χ3n) is 7.59. The Labute approximate surface area is 220 Å². The van der Waals surface area contributed by atoms with Gasteiger partial charge in [-0.15, -0.1) is 0 Å². The van der Waals surface area contributed by atoms with Crippen LogP contribution in [0.4, 0.5) is 0 Å². The van der Waals surface area contributed by atoms with Crippen molar-refractivity contribution >= 4 is 66.1 Å². The highest BCUT2D eigenvalue weighted by molar-refractivity contribution is 6.12. The number of nitrogens with zero attached hydrogens (tertiary/aromatic N) is 4. The molecule has 0 spiro atoms. The largest absolute Gasteiger partial charge is 0.337 e. The van der Waals surface area contributed by atoms with Crippen molar-refractivity contribution in [3.05, 3.63) is 97.1 Å². The molecule has 1 aliphatic rings. The van der Waals surface area contributed by atoms with Crippen LogP contribution < -0.4 is 0 Å². The van der Waals surface area contributed by atoms with Gasteiger partial charge in [-0.3, -0.25) is 0 Å². The Morgan fingerprint density at radius 3 is 1.33 bits per heavy atom. The van der Waals surface area contributed by atoms with E-state index in [-0.39, 0.29) is 0 Å². The topological polar surface area (TPSA) is 98.9 Å². The van der Waals surface area contributed by atoms with E-state index in [1.54, 1.807) is 0 Å². The molecule has 0 radical (unpaired) electrons. The van der Waals surface area contributed by atoms with Gasteiger partial charge in [0.15, 0.2) is 5.82 Å². The third kappa shape index (κ3) is 2.86. The minimum Gasteiger partial charge on any atom is -0.337 e. The quantitative estimate of drug-likeness (QED) is 0.200. The number of benzene rings is 4. The molecule has 0 atom stereocenters. The Balaban J connectivity index is 1.59. The van der Waals surface area contributed by atoms with Crippen molar-refractivity contribution in [2.24, 2.45) is 0 Å². The number of fused-ring (bicyclic) bond motifs is 21. The van der Waals surface area contributed by atoms with E-state index in [9.17, 15) is 0 Å². The van der Waals surface area contributed by atoms with Gasteiger partial charge in [0, 0.05) is 43.4 Å². The fraction of sp³-hybridized carbons (Fsp3) is 0. The summed E-state index contributed by atoms with van der Waals surface area (Å²) >= 11 is 0. The van der Waals surface area contributed by atoms with Crippen molar-refractivity contribution in [3.8, 4) is 22.6 Å². The molecule has 7 heteroatoms. The van der Waals surface area contributed by atoms with Crippen LogP contribution in [0.15, 0.2) is 97.1 Å². The summed E-state index contributed by atoms with van der Waals surface area (Å²) < 4.78 is 0. The molecule has 0 fully saturated rings. The lowest BCUT2D eigenvalue weighted by Gasteiger charge is -1.98. The Morgan fingerprint density at radius 2 is 0.769 bits per heavy atom. The van der Waals surface area contributed by atoms with E-state index in [4.69, 9.17) is 19.9 Å². The summed E-state index contributed by atoms with van der Waals surface area (Å²) in [6, 6.07) is 32.9. The van der Waals surface area contributed by atoms with Crippen LogP contribution in [0.5, 0.6) is 0 Å². The maximum Gasteiger partial charge on any atom is 0.162 e. The van der Waals surface area contributed by atoms with Crippen LogP contribution in [0, 0.1) is 0 Å². The fourth-order valence-corrected chi connectivity index (χ4v) is 5.79. The predicted octanol–water partition coefficient (Wildman–Crippen LogP) is 7.50. The van der Waals surface area contributed by atoms with E-state index >= 15 is 0 Å². The molecule has 1 aliphatic heterocycles. The van der Waals surface area contributed by atoms with Gasteiger partial charge in [0.2, 0.25) is 0 Å². The minimum atomic E-state index is 0.665. The summed E-state index contributed by atoms with van der Waals surface area (Å²) in [6.07, 6.45) is 0. The van der Waals surface area contributed by atoms with Crippen LogP contribution in [-0.2, 0) is 0 Å². The van der Waals surface area contributed by atoms with Crippen molar-refractivity contribution < 1.29 is 0 Å². The maximum atomic E-state index is 5.12. The smallest absolute Gasteiger partial charge is 0.162 e. The van der Waals surface area contributed by atoms with E-state index in [1.807, 2.05) is 48.5 Å². The number of aromatic amines is 3. The van der Waals surface area contributed by atoms with Crippen LogP contribution in [0.1, 0.15) is 0 Å². The van der Waals surface area contributed by atoms with Crippen LogP contribution in [0.3, 0.4) is 0 Å². The molecular weight excluding hydrogens is 482 g/mol. The van der Waals surface area contributed by atoms with Crippen LogP contribution in [-0.4, -0.2) is 34.9 Å². The molecule has 0 saturated carbocycles.